The molecule has 0 radical (unpaired) electrons. The van der Waals surface area contributed by atoms with Crippen molar-refractivity contribution in [3.63, 3.8) is 0 Å². The fourth-order valence-corrected chi connectivity index (χ4v) is 5.08. The normalized spacial score (nSPS) is 14.5. The van der Waals surface area contributed by atoms with Crippen molar-refractivity contribution in [2.75, 3.05) is 17.2 Å². The first-order valence-electron chi connectivity index (χ1n) is 13.1. The van der Waals surface area contributed by atoms with Gasteiger partial charge in [0.25, 0.3) is 17.4 Å². The number of carboxylic acid groups (broad SMARTS) is 1. The molecule has 2 amide bonds. The molecule has 3 aromatic carbocycles. The zero-order valence-electron chi connectivity index (χ0n) is 22.5. The van der Waals surface area contributed by atoms with Gasteiger partial charge in [-0.1, -0.05) is 35.9 Å². The van der Waals surface area contributed by atoms with Gasteiger partial charge in [0.1, 0.15) is 11.7 Å². The van der Waals surface area contributed by atoms with E-state index in [4.69, 9.17) is 17.3 Å². The predicted octanol–water partition coefficient (Wildman–Crippen LogP) is 4.30. The molecule has 1 aliphatic heterocycles. The lowest BCUT2D eigenvalue weighted by molar-refractivity contribution is -0.136. The molecule has 1 atom stereocenters. The Balaban J connectivity index is 1.52. The molecule has 218 valence electrons. The van der Waals surface area contributed by atoms with Crippen molar-refractivity contribution in [1.82, 2.24) is 9.47 Å². The Morgan fingerprint density at radius 2 is 1.74 bits per heavy atom. The first-order valence-corrected chi connectivity index (χ1v) is 13.4. The molecular weight excluding hydrogens is 577 g/mol. The summed E-state index contributed by atoms with van der Waals surface area (Å²) >= 11 is 5.84. The van der Waals surface area contributed by atoms with Gasteiger partial charge in [-0.25, -0.2) is 9.18 Å². The predicted molar refractivity (Wildman–Crippen MR) is 160 cm³/mol. The highest BCUT2D eigenvalue weighted by Crippen LogP contribution is 2.35. The molecule has 2 heterocycles. The van der Waals surface area contributed by atoms with E-state index in [1.54, 1.807) is 36.5 Å². The second kappa shape index (κ2) is 12.2. The Labute approximate surface area is 249 Å². The lowest BCUT2D eigenvalue weighted by atomic mass is 9.90. The fraction of sp³-hybridized carbons (Fsp3) is 0.0968. The summed E-state index contributed by atoms with van der Waals surface area (Å²) in [5.41, 5.74) is 7.67. The zero-order valence-corrected chi connectivity index (χ0v) is 23.2. The molecule has 43 heavy (non-hydrogen) atoms. The Morgan fingerprint density at radius 1 is 1.00 bits per heavy atom. The maximum atomic E-state index is 14.4. The Bertz CT molecular complexity index is 1820. The summed E-state index contributed by atoms with van der Waals surface area (Å²) in [5.74, 6) is -3.11. The Kier molecular flexibility index (Phi) is 8.26. The van der Waals surface area contributed by atoms with Crippen LogP contribution in [-0.2, 0) is 16.0 Å². The summed E-state index contributed by atoms with van der Waals surface area (Å²) in [5, 5.41) is 14.5. The minimum absolute atomic E-state index is 0.00397. The number of hydrogen-bond donors (Lipinski definition) is 4. The second-order valence-corrected chi connectivity index (χ2v) is 10.0. The standard InChI is InChI=1S/C31H25ClFN5O5/c32-22-6-4-7-24(27(22)33)35-17-23(34)30(41)38-16-14-20-21(5-3-8-25(20)37-15-2-1-9-26(37)39)28(38)29(40)36-19-12-10-18(11-13-19)31(42)43/h1-13,15,17,28,35H,14,16,34H2,(H,36,40)(H,42,43)/b23-17-. The number of pyridine rings is 1. The summed E-state index contributed by atoms with van der Waals surface area (Å²) in [6.07, 6.45) is 3.06. The summed E-state index contributed by atoms with van der Waals surface area (Å²) < 4.78 is 15.8. The van der Waals surface area contributed by atoms with Gasteiger partial charge >= 0.3 is 5.97 Å². The molecule has 0 fully saturated rings. The van der Waals surface area contributed by atoms with Crippen LogP contribution < -0.4 is 21.9 Å². The van der Waals surface area contributed by atoms with Crippen molar-refractivity contribution >= 4 is 40.8 Å². The van der Waals surface area contributed by atoms with Gasteiger partial charge in [0.2, 0.25) is 0 Å². The molecule has 0 aliphatic carbocycles. The molecule has 0 spiro atoms. The van der Waals surface area contributed by atoms with E-state index in [9.17, 15) is 28.7 Å². The molecule has 0 bridgehead atoms. The van der Waals surface area contributed by atoms with Crippen LogP contribution in [0, 0.1) is 5.82 Å². The molecule has 0 saturated carbocycles. The van der Waals surface area contributed by atoms with Crippen LogP contribution in [0.2, 0.25) is 5.02 Å². The van der Waals surface area contributed by atoms with Crippen LogP contribution in [-0.4, -0.2) is 38.9 Å². The van der Waals surface area contributed by atoms with Gasteiger partial charge in [-0.2, -0.15) is 0 Å². The molecule has 10 nitrogen and oxygen atoms in total. The number of nitrogens with one attached hydrogen (secondary N) is 2. The van der Waals surface area contributed by atoms with Gasteiger partial charge in [-0.3, -0.25) is 19.0 Å². The topological polar surface area (TPSA) is 147 Å². The maximum absolute atomic E-state index is 14.4. The van der Waals surface area contributed by atoms with E-state index in [1.807, 2.05) is 0 Å². The first kappa shape index (κ1) is 29.1. The van der Waals surface area contributed by atoms with E-state index in [2.05, 4.69) is 10.6 Å². The molecule has 4 aromatic rings. The third-order valence-corrected chi connectivity index (χ3v) is 7.26. The SMILES string of the molecule is N/C(=C\Nc1cccc(Cl)c1F)C(=O)N1CCc2c(cccc2-n2ccccc2=O)C1C(=O)Nc1ccc(C(=O)O)cc1. The number of benzene rings is 3. The van der Waals surface area contributed by atoms with E-state index in [1.165, 1.54) is 58.0 Å². The van der Waals surface area contributed by atoms with Crippen LogP contribution >= 0.6 is 11.6 Å². The van der Waals surface area contributed by atoms with Crippen molar-refractivity contribution in [2.24, 2.45) is 5.73 Å². The van der Waals surface area contributed by atoms with Crippen molar-refractivity contribution in [1.29, 1.82) is 0 Å². The fourth-order valence-electron chi connectivity index (χ4n) is 4.91. The molecule has 0 saturated heterocycles. The Morgan fingerprint density at radius 3 is 2.47 bits per heavy atom. The average Bonchev–Trinajstić information content (AvgIpc) is 3.01. The van der Waals surface area contributed by atoms with Crippen LogP contribution in [0.4, 0.5) is 15.8 Å². The van der Waals surface area contributed by atoms with Crippen LogP contribution in [0.25, 0.3) is 5.69 Å². The van der Waals surface area contributed by atoms with Crippen molar-refractivity contribution in [2.45, 2.75) is 12.5 Å². The zero-order chi connectivity index (χ0) is 30.7. The number of nitrogens with zero attached hydrogens (tertiary/aromatic N) is 2. The van der Waals surface area contributed by atoms with Crippen LogP contribution in [0.1, 0.15) is 27.5 Å². The van der Waals surface area contributed by atoms with Crippen LogP contribution in [0.15, 0.2) is 102 Å². The molecule has 5 rings (SSSR count). The van der Waals surface area contributed by atoms with Crippen molar-refractivity contribution in [3.8, 4) is 5.69 Å². The van der Waals surface area contributed by atoms with Crippen molar-refractivity contribution in [3.05, 3.63) is 135 Å². The van der Waals surface area contributed by atoms with Crippen LogP contribution in [0.3, 0.4) is 0 Å². The lowest BCUT2D eigenvalue weighted by Gasteiger charge is -2.37. The highest BCUT2D eigenvalue weighted by atomic mass is 35.5. The van der Waals surface area contributed by atoms with Gasteiger partial charge in [-0.15, -0.1) is 0 Å². The van der Waals surface area contributed by atoms with Crippen molar-refractivity contribution < 1.29 is 23.9 Å². The molecule has 1 aliphatic rings. The summed E-state index contributed by atoms with van der Waals surface area (Å²) in [6, 6.07) is 18.6. The first-order chi connectivity index (χ1) is 20.7. The monoisotopic (exact) mass is 601 g/mol. The number of rotatable bonds is 7. The number of anilines is 2. The number of aromatic nitrogens is 1. The lowest BCUT2D eigenvalue weighted by Crippen LogP contribution is -2.47. The second-order valence-electron chi connectivity index (χ2n) is 9.62. The van der Waals surface area contributed by atoms with E-state index >= 15 is 0 Å². The third-order valence-electron chi connectivity index (χ3n) is 6.97. The number of fused-ring (bicyclic) bond motifs is 1. The number of hydrogen-bond acceptors (Lipinski definition) is 6. The highest BCUT2D eigenvalue weighted by molar-refractivity contribution is 6.31. The van der Waals surface area contributed by atoms with Gasteiger partial charge < -0.3 is 26.4 Å². The number of carbonyl (C=O) groups excluding carboxylic acids is 2. The number of amides is 2. The number of aromatic carboxylic acids is 1. The summed E-state index contributed by atoms with van der Waals surface area (Å²) in [7, 11) is 0. The van der Waals surface area contributed by atoms with Gasteiger partial charge in [-0.05, 0) is 66.1 Å². The number of halogens is 2. The summed E-state index contributed by atoms with van der Waals surface area (Å²) in [4.78, 5) is 52.7. The highest BCUT2D eigenvalue weighted by Gasteiger charge is 2.38. The smallest absolute Gasteiger partial charge is 0.335 e. The van der Waals surface area contributed by atoms with Gasteiger partial charge in [0.05, 0.1) is 22.0 Å². The number of carboxylic acids is 1. The number of carbonyl (C=O) groups is 3. The van der Waals surface area contributed by atoms with E-state index in [0.717, 1.165) is 6.20 Å². The van der Waals surface area contributed by atoms with E-state index in [-0.39, 0.29) is 34.1 Å². The third kappa shape index (κ3) is 5.97. The molecule has 1 unspecified atom stereocenters. The summed E-state index contributed by atoms with van der Waals surface area (Å²) in [6.45, 7) is 0.0700. The quantitative estimate of drug-likeness (QED) is 0.231. The average molecular weight is 602 g/mol. The van der Waals surface area contributed by atoms with Gasteiger partial charge in [0.15, 0.2) is 5.82 Å². The molecule has 12 heteroatoms. The van der Waals surface area contributed by atoms with E-state index < -0.39 is 29.6 Å². The molecule has 1 aromatic heterocycles. The van der Waals surface area contributed by atoms with Crippen LogP contribution in [0.5, 0.6) is 0 Å². The number of nitrogens with two attached hydrogens (primary N) is 1. The maximum Gasteiger partial charge on any atom is 0.335 e. The molecular formula is C31H25ClFN5O5. The minimum atomic E-state index is -1.18. The Hall–Kier alpha value is -5.42. The molecule has 5 N–H and O–H groups in total. The van der Waals surface area contributed by atoms with Gasteiger partial charge in [0, 0.05) is 30.7 Å². The largest absolute Gasteiger partial charge is 0.478 e. The van der Waals surface area contributed by atoms with E-state index in [0.29, 0.717) is 28.9 Å². The minimum Gasteiger partial charge on any atom is -0.478 e.